The number of hydrogen-bond acceptors (Lipinski definition) is 3. The highest BCUT2D eigenvalue weighted by atomic mass is 16.2. The van der Waals surface area contributed by atoms with E-state index >= 15 is 0 Å². The summed E-state index contributed by atoms with van der Waals surface area (Å²) in [4.78, 5) is 37.9. The van der Waals surface area contributed by atoms with Crippen LogP contribution < -0.4 is 5.32 Å². The summed E-state index contributed by atoms with van der Waals surface area (Å²) in [6.45, 7) is 3.90. The van der Waals surface area contributed by atoms with Crippen molar-refractivity contribution in [3.05, 3.63) is 35.4 Å². The van der Waals surface area contributed by atoms with Crippen LogP contribution in [0.1, 0.15) is 41.0 Å². The fourth-order valence-corrected chi connectivity index (χ4v) is 2.43. The molecule has 1 aromatic carbocycles. The van der Waals surface area contributed by atoms with Crippen molar-refractivity contribution in [1.29, 1.82) is 0 Å². The van der Waals surface area contributed by atoms with Gasteiger partial charge < -0.3 is 5.32 Å². The molecule has 0 spiro atoms. The molecule has 106 valence electrons. The second kappa shape index (κ2) is 5.45. The number of nitrogens with zero attached hydrogens (tertiary/aromatic N) is 1. The summed E-state index contributed by atoms with van der Waals surface area (Å²) in [5.74, 6) is -0.894. The van der Waals surface area contributed by atoms with E-state index in [4.69, 9.17) is 0 Å². The van der Waals surface area contributed by atoms with Gasteiger partial charge in [0.05, 0.1) is 11.1 Å². The van der Waals surface area contributed by atoms with Crippen LogP contribution in [0.3, 0.4) is 0 Å². The third-order valence-corrected chi connectivity index (χ3v) is 3.38. The van der Waals surface area contributed by atoms with Crippen molar-refractivity contribution in [2.24, 2.45) is 5.92 Å². The molecule has 1 atom stereocenters. The maximum absolute atomic E-state index is 12.4. The number of imide groups is 1. The van der Waals surface area contributed by atoms with Gasteiger partial charge in [-0.25, -0.2) is 0 Å². The van der Waals surface area contributed by atoms with Gasteiger partial charge in [-0.1, -0.05) is 26.0 Å². The Bertz CT molecular complexity index is 531. The van der Waals surface area contributed by atoms with E-state index in [0.29, 0.717) is 17.5 Å². The highest BCUT2D eigenvalue weighted by Gasteiger charge is 2.42. The Kier molecular flexibility index (Phi) is 3.88. The van der Waals surface area contributed by atoms with Gasteiger partial charge in [0.25, 0.3) is 11.8 Å². The van der Waals surface area contributed by atoms with Crippen LogP contribution in [0.15, 0.2) is 24.3 Å². The van der Waals surface area contributed by atoms with Gasteiger partial charge in [-0.3, -0.25) is 19.3 Å². The molecule has 1 aliphatic heterocycles. The molecule has 0 aliphatic carbocycles. The molecular formula is C15H18N2O3. The van der Waals surface area contributed by atoms with Crippen LogP contribution in [0.4, 0.5) is 0 Å². The fourth-order valence-electron chi connectivity index (χ4n) is 2.43. The Morgan fingerprint density at radius 1 is 1.15 bits per heavy atom. The van der Waals surface area contributed by atoms with E-state index in [-0.39, 0.29) is 23.6 Å². The van der Waals surface area contributed by atoms with Crippen molar-refractivity contribution >= 4 is 17.7 Å². The van der Waals surface area contributed by atoms with Crippen LogP contribution in [0.2, 0.25) is 0 Å². The maximum Gasteiger partial charge on any atom is 0.262 e. The first kappa shape index (κ1) is 14.2. The zero-order chi connectivity index (χ0) is 14.9. The minimum absolute atomic E-state index is 0.196. The van der Waals surface area contributed by atoms with E-state index in [0.717, 1.165) is 4.90 Å². The normalized spacial score (nSPS) is 15.5. The van der Waals surface area contributed by atoms with Crippen molar-refractivity contribution in [2.75, 3.05) is 7.05 Å². The van der Waals surface area contributed by atoms with Crippen LogP contribution in [0.25, 0.3) is 0 Å². The summed E-state index contributed by atoms with van der Waals surface area (Å²) in [6.07, 6.45) is 0.450. The number of nitrogens with one attached hydrogen (secondary N) is 1. The number of rotatable bonds is 4. The second-order valence-corrected chi connectivity index (χ2v) is 5.29. The van der Waals surface area contributed by atoms with Crippen molar-refractivity contribution in [1.82, 2.24) is 10.2 Å². The smallest absolute Gasteiger partial charge is 0.262 e. The molecule has 1 heterocycles. The number of likely N-dealkylation sites (N-methyl/N-ethyl adjacent to an activating group) is 1. The number of fused-ring (bicyclic) bond motifs is 1. The molecule has 20 heavy (non-hydrogen) atoms. The fraction of sp³-hybridized carbons (Fsp3) is 0.400. The van der Waals surface area contributed by atoms with Gasteiger partial charge in [-0.15, -0.1) is 0 Å². The molecule has 5 heteroatoms. The van der Waals surface area contributed by atoms with E-state index in [1.807, 2.05) is 13.8 Å². The average Bonchev–Trinajstić information content (AvgIpc) is 2.68. The maximum atomic E-state index is 12.4. The molecule has 2 rings (SSSR count). The third kappa shape index (κ3) is 2.31. The monoisotopic (exact) mass is 274 g/mol. The zero-order valence-electron chi connectivity index (χ0n) is 11.8. The van der Waals surface area contributed by atoms with E-state index < -0.39 is 6.04 Å². The van der Waals surface area contributed by atoms with E-state index in [2.05, 4.69) is 5.32 Å². The topological polar surface area (TPSA) is 66.5 Å². The molecule has 1 aliphatic rings. The molecular weight excluding hydrogens is 256 g/mol. The first-order valence-corrected chi connectivity index (χ1v) is 6.66. The van der Waals surface area contributed by atoms with Gasteiger partial charge in [-0.05, 0) is 24.5 Å². The Hall–Kier alpha value is -2.17. The predicted octanol–water partition coefficient (Wildman–Crippen LogP) is 1.44. The molecule has 0 fully saturated rings. The van der Waals surface area contributed by atoms with Crippen LogP contribution in [0, 0.1) is 5.92 Å². The lowest BCUT2D eigenvalue weighted by molar-refractivity contribution is -0.125. The van der Waals surface area contributed by atoms with Gasteiger partial charge in [0.2, 0.25) is 5.91 Å². The standard InChI is InChI=1S/C15H18N2O3/c1-9(2)8-12(13(18)16-3)17-14(19)10-6-4-5-7-11(10)15(17)20/h4-7,9,12H,8H2,1-3H3,(H,16,18). The van der Waals surface area contributed by atoms with Crippen LogP contribution >= 0.6 is 0 Å². The van der Waals surface area contributed by atoms with Crippen molar-refractivity contribution in [2.45, 2.75) is 26.3 Å². The highest BCUT2D eigenvalue weighted by Crippen LogP contribution is 2.26. The first-order chi connectivity index (χ1) is 9.47. The summed E-state index contributed by atoms with van der Waals surface area (Å²) in [6, 6.07) is 5.90. The van der Waals surface area contributed by atoms with Gasteiger partial charge in [-0.2, -0.15) is 0 Å². The third-order valence-electron chi connectivity index (χ3n) is 3.38. The number of carbonyl (C=O) groups excluding carboxylic acids is 3. The Morgan fingerprint density at radius 2 is 1.65 bits per heavy atom. The van der Waals surface area contributed by atoms with Crippen molar-refractivity contribution in [3.63, 3.8) is 0 Å². The van der Waals surface area contributed by atoms with Gasteiger partial charge in [0, 0.05) is 7.05 Å². The van der Waals surface area contributed by atoms with E-state index in [1.165, 1.54) is 7.05 Å². The molecule has 5 nitrogen and oxygen atoms in total. The van der Waals surface area contributed by atoms with Crippen LogP contribution in [-0.2, 0) is 4.79 Å². The van der Waals surface area contributed by atoms with E-state index in [9.17, 15) is 14.4 Å². The molecule has 3 amide bonds. The number of carbonyl (C=O) groups is 3. The van der Waals surface area contributed by atoms with Crippen LogP contribution in [0.5, 0.6) is 0 Å². The molecule has 0 aromatic heterocycles. The zero-order valence-corrected chi connectivity index (χ0v) is 11.8. The number of benzene rings is 1. The van der Waals surface area contributed by atoms with Gasteiger partial charge in [0.15, 0.2) is 0 Å². The molecule has 0 saturated heterocycles. The van der Waals surface area contributed by atoms with Crippen LogP contribution in [-0.4, -0.2) is 35.7 Å². The minimum atomic E-state index is -0.757. The summed E-state index contributed by atoms with van der Waals surface area (Å²) in [7, 11) is 1.51. The summed E-state index contributed by atoms with van der Waals surface area (Å²) < 4.78 is 0. The molecule has 1 N–H and O–H groups in total. The lowest BCUT2D eigenvalue weighted by Gasteiger charge is -2.26. The van der Waals surface area contributed by atoms with Crippen molar-refractivity contribution < 1.29 is 14.4 Å². The minimum Gasteiger partial charge on any atom is -0.357 e. The Labute approximate surface area is 118 Å². The molecule has 1 unspecified atom stereocenters. The van der Waals surface area contributed by atoms with Gasteiger partial charge in [0.1, 0.15) is 6.04 Å². The lowest BCUT2D eigenvalue weighted by atomic mass is 10.0. The summed E-state index contributed by atoms with van der Waals surface area (Å²) in [5.41, 5.74) is 0.741. The second-order valence-electron chi connectivity index (χ2n) is 5.29. The Morgan fingerprint density at radius 3 is 2.05 bits per heavy atom. The Balaban J connectivity index is 2.39. The quantitative estimate of drug-likeness (QED) is 0.845. The van der Waals surface area contributed by atoms with Gasteiger partial charge >= 0.3 is 0 Å². The van der Waals surface area contributed by atoms with E-state index in [1.54, 1.807) is 24.3 Å². The number of hydrogen-bond donors (Lipinski definition) is 1. The highest BCUT2D eigenvalue weighted by molar-refractivity contribution is 6.22. The predicted molar refractivity (Wildman–Crippen MR) is 74.3 cm³/mol. The average molecular weight is 274 g/mol. The summed E-state index contributed by atoms with van der Waals surface area (Å²) >= 11 is 0. The first-order valence-electron chi connectivity index (χ1n) is 6.66. The SMILES string of the molecule is CNC(=O)C(CC(C)C)N1C(=O)c2ccccc2C1=O. The summed E-state index contributed by atoms with van der Waals surface area (Å²) in [5, 5.41) is 2.53. The molecule has 0 radical (unpaired) electrons. The molecule has 1 aromatic rings. The number of amides is 3. The largest absolute Gasteiger partial charge is 0.357 e. The molecule has 0 saturated carbocycles. The van der Waals surface area contributed by atoms with Crippen molar-refractivity contribution in [3.8, 4) is 0 Å². The molecule has 0 bridgehead atoms. The lowest BCUT2D eigenvalue weighted by Crippen LogP contribution is -2.49.